The molecule has 25 heavy (non-hydrogen) atoms. The Morgan fingerprint density at radius 1 is 1.16 bits per heavy atom. The van der Waals surface area contributed by atoms with Gasteiger partial charge in [0, 0.05) is 12.6 Å². The number of nitrogens with two attached hydrogens (primary N) is 1. The van der Waals surface area contributed by atoms with Gasteiger partial charge in [-0.15, -0.1) is 0 Å². The van der Waals surface area contributed by atoms with E-state index in [0.717, 1.165) is 30.1 Å². The molecule has 8 nitrogen and oxygen atoms in total. The van der Waals surface area contributed by atoms with Gasteiger partial charge in [0.25, 0.3) is 17.4 Å². The highest BCUT2D eigenvalue weighted by atomic mass is 16.2. The third kappa shape index (κ3) is 2.14. The first-order valence-corrected chi connectivity index (χ1v) is 7.87. The quantitative estimate of drug-likeness (QED) is 0.694. The number of nitrogen functional groups attached to an aromatic ring is 1. The van der Waals surface area contributed by atoms with Crippen molar-refractivity contribution in [3.63, 3.8) is 0 Å². The molecule has 0 atom stereocenters. The summed E-state index contributed by atoms with van der Waals surface area (Å²) in [6, 6.07) is 6.47. The summed E-state index contributed by atoms with van der Waals surface area (Å²) in [5.41, 5.74) is 7.77. The number of benzene rings is 1. The maximum atomic E-state index is 12.5. The van der Waals surface area contributed by atoms with Gasteiger partial charge in [-0.25, -0.2) is 4.98 Å². The Morgan fingerprint density at radius 2 is 1.96 bits per heavy atom. The van der Waals surface area contributed by atoms with Crippen LogP contribution in [0.25, 0.3) is 16.7 Å². The molecule has 2 aromatic heterocycles. The molecule has 3 heterocycles. The molecule has 0 aliphatic carbocycles. The van der Waals surface area contributed by atoms with Crippen LogP contribution in [0.5, 0.6) is 0 Å². The van der Waals surface area contributed by atoms with E-state index in [1.165, 1.54) is 4.57 Å². The maximum Gasteiger partial charge on any atom is 0.262 e. The lowest BCUT2D eigenvalue weighted by molar-refractivity contribution is 0.0880. The van der Waals surface area contributed by atoms with Gasteiger partial charge in [0.2, 0.25) is 0 Å². The molecule has 1 aromatic carbocycles. The highest BCUT2D eigenvalue weighted by Gasteiger charge is 2.31. The predicted octanol–water partition coefficient (Wildman–Crippen LogP) is 1.06. The summed E-state index contributed by atoms with van der Waals surface area (Å²) in [5, 5.41) is 2.15. The molecule has 0 fully saturated rings. The van der Waals surface area contributed by atoms with E-state index in [0.29, 0.717) is 5.69 Å². The lowest BCUT2D eigenvalue weighted by atomic mass is 10.1. The number of carbonyl (C=O) groups excluding carboxylic acids is 2. The summed E-state index contributed by atoms with van der Waals surface area (Å²) in [4.78, 5) is 40.5. The van der Waals surface area contributed by atoms with E-state index in [9.17, 15) is 14.4 Å². The summed E-state index contributed by atoms with van der Waals surface area (Å²) in [7, 11) is 0. The van der Waals surface area contributed by atoms with E-state index in [1.807, 2.05) is 10.6 Å². The van der Waals surface area contributed by atoms with Crippen LogP contribution in [-0.4, -0.2) is 25.9 Å². The fourth-order valence-corrected chi connectivity index (χ4v) is 3.16. The average Bonchev–Trinajstić information content (AvgIpc) is 3.09. The zero-order valence-electron chi connectivity index (χ0n) is 13.4. The van der Waals surface area contributed by atoms with Crippen LogP contribution in [0, 0.1) is 0 Å². The Labute approximate surface area is 141 Å². The summed E-state index contributed by atoms with van der Waals surface area (Å²) in [6.07, 6.45) is 2.73. The van der Waals surface area contributed by atoms with E-state index in [4.69, 9.17) is 5.73 Å². The van der Waals surface area contributed by atoms with Crippen LogP contribution in [0.15, 0.2) is 35.4 Å². The summed E-state index contributed by atoms with van der Waals surface area (Å²) < 4.78 is 3.25. The molecule has 0 radical (unpaired) electrons. The van der Waals surface area contributed by atoms with Crippen LogP contribution in [-0.2, 0) is 6.54 Å². The fraction of sp³-hybridized carbons (Fsp3) is 0.176. The number of hydrogen-bond donors (Lipinski definition) is 2. The zero-order chi connectivity index (χ0) is 17.7. The van der Waals surface area contributed by atoms with Gasteiger partial charge >= 0.3 is 0 Å². The lowest BCUT2D eigenvalue weighted by Crippen LogP contribution is -2.24. The Bertz CT molecular complexity index is 1110. The first-order chi connectivity index (χ1) is 12.0. The molecule has 126 valence electrons. The summed E-state index contributed by atoms with van der Waals surface area (Å²) >= 11 is 0. The molecule has 8 heteroatoms. The lowest BCUT2D eigenvalue weighted by Gasteiger charge is -2.12. The van der Waals surface area contributed by atoms with Crippen molar-refractivity contribution < 1.29 is 9.59 Å². The molecule has 1 aliphatic rings. The fourth-order valence-electron chi connectivity index (χ4n) is 3.16. The number of anilines is 1. The van der Waals surface area contributed by atoms with Crippen LogP contribution in [0.2, 0.25) is 0 Å². The second-order valence-electron chi connectivity index (χ2n) is 5.89. The smallest absolute Gasteiger partial charge is 0.262 e. The Morgan fingerprint density at radius 3 is 2.72 bits per heavy atom. The van der Waals surface area contributed by atoms with Gasteiger partial charge in [0.1, 0.15) is 5.82 Å². The van der Waals surface area contributed by atoms with Crippen LogP contribution >= 0.6 is 0 Å². The summed E-state index contributed by atoms with van der Waals surface area (Å²) in [6.45, 7) is 2.93. The van der Waals surface area contributed by atoms with Crippen LogP contribution in [0.1, 0.15) is 34.1 Å². The minimum absolute atomic E-state index is 0.0112. The number of hydrogen-bond acceptors (Lipinski definition) is 5. The molecule has 4 rings (SSSR count). The number of rotatable bonds is 3. The number of fused-ring (bicyclic) bond motifs is 2. The van der Waals surface area contributed by atoms with E-state index < -0.39 is 17.4 Å². The van der Waals surface area contributed by atoms with E-state index >= 15 is 0 Å². The zero-order valence-corrected chi connectivity index (χ0v) is 13.4. The van der Waals surface area contributed by atoms with Crippen molar-refractivity contribution in [2.24, 2.45) is 0 Å². The number of carbonyl (C=O) groups is 2. The van der Waals surface area contributed by atoms with Crippen LogP contribution in [0.4, 0.5) is 5.82 Å². The van der Waals surface area contributed by atoms with Crippen molar-refractivity contribution in [1.82, 2.24) is 19.4 Å². The normalized spacial score (nSPS) is 13.3. The van der Waals surface area contributed by atoms with Crippen molar-refractivity contribution >= 4 is 28.7 Å². The van der Waals surface area contributed by atoms with Gasteiger partial charge in [-0.1, -0.05) is 6.92 Å². The molecule has 0 unspecified atom stereocenters. The van der Waals surface area contributed by atoms with Gasteiger partial charge in [0.15, 0.2) is 0 Å². The van der Waals surface area contributed by atoms with Crippen molar-refractivity contribution in [2.75, 3.05) is 5.73 Å². The highest BCUT2D eigenvalue weighted by Crippen LogP contribution is 2.24. The van der Waals surface area contributed by atoms with E-state index in [2.05, 4.69) is 17.2 Å². The molecule has 0 saturated carbocycles. The number of aryl methyl sites for hydroxylation is 1. The molecule has 0 saturated heterocycles. The first kappa shape index (κ1) is 15.1. The van der Waals surface area contributed by atoms with Gasteiger partial charge in [-0.05, 0) is 24.6 Å². The van der Waals surface area contributed by atoms with Gasteiger partial charge in [-0.3, -0.25) is 24.3 Å². The topological polar surface area (TPSA) is 112 Å². The van der Waals surface area contributed by atoms with Crippen molar-refractivity contribution in [3.05, 3.63) is 52.1 Å². The minimum atomic E-state index is -0.607. The number of imide groups is 1. The second-order valence-corrected chi connectivity index (χ2v) is 5.89. The van der Waals surface area contributed by atoms with Crippen molar-refractivity contribution in [1.29, 1.82) is 0 Å². The van der Waals surface area contributed by atoms with Gasteiger partial charge < -0.3 is 10.3 Å². The molecule has 3 aromatic rings. The first-order valence-electron chi connectivity index (χ1n) is 7.87. The largest absolute Gasteiger partial charge is 0.384 e. The van der Waals surface area contributed by atoms with Crippen molar-refractivity contribution in [2.45, 2.75) is 19.9 Å². The molecule has 3 N–H and O–H groups in total. The van der Waals surface area contributed by atoms with E-state index in [-0.39, 0.29) is 16.9 Å². The van der Waals surface area contributed by atoms with Crippen LogP contribution < -0.4 is 16.6 Å². The monoisotopic (exact) mass is 337 g/mol. The van der Waals surface area contributed by atoms with E-state index in [1.54, 1.807) is 18.5 Å². The molecule has 0 spiro atoms. The molecular formula is C17H15N5O3. The number of pyridine rings is 1. The molecule has 1 aliphatic heterocycles. The number of imidazole rings is 1. The van der Waals surface area contributed by atoms with Gasteiger partial charge in [-0.2, -0.15) is 0 Å². The van der Waals surface area contributed by atoms with Crippen LogP contribution in [0.3, 0.4) is 0 Å². The number of nitrogens with zero attached hydrogens (tertiary/aromatic N) is 3. The molecule has 2 amide bonds. The Balaban J connectivity index is 1.92. The standard InChI is InChI=1S/C17H15N5O3/c1-2-5-21-8-19-11-6-9(3-4-12(11)21)22-13(23)7-10-14(15(22)18)17(25)20-16(10)24/h3-4,6-8H,2,5,18H2,1H3,(H,20,24,25). The summed E-state index contributed by atoms with van der Waals surface area (Å²) in [5.74, 6) is -1.26. The average molecular weight is 337 g/mol. The third-order valence-corrected chi connectivity index (χ3v) is 4.28. The molecule has 0 bridgehead atoms. The van der Waals surface area contributed by atoms with Crippen molar-refractivity contribution in [3.8, 4) is 5.69 Å². The SMILES string of the molecule is CCCn1cnc2cc(-n3c(N)c4c(cc3=O)C(=O)NC4=O)ccc21. The highest BCUT2D eigenvalue weighted by molar-refractivity contribution is 6.23. The Hall–Kier alpha value is -3.42. The predicted molar refractivity (Wildman–Crippen MR) is 91.8 cm³/mol. The number of amides is 2. The minimum Gasteiger partial charge on any atom is -0.384 e. The van der Waals surface area contributed by atoms with Gasteiger partial charge in [0.05, 0.1) is 34.2 Å². The third-order valence-electron chi connectivity index (χ3n) is 4.28. The second kappa shape index (κ2) is 5.30. The number of aromatic nitrogens is 3. The maximum absolute atomic E-state index is 12.5. The molecular weight excluding hydrogens is 322 g/mol. The number of nitrogens with one attached hydrogen (secondary N) is 1. The Kier molecular flexibility index (Phi) is 3.21.